The molecule has 0 bridgehead atoms. The minimum Gasteiger partial charge on any atom is -0.377 e. The van der Waals surface area contributed by atoms with Crippen LogP contribution in [-0.2, 0) is 17.6 Å². The maximum absolute atomic E-state index is 12.4. The molecule has 1 atom stereocenters. The normalized spacial score (nSPS) is 22.0. The van der Waals surface area contributed by atoms with E-state index in [4.69, 9.17) is 9.72 Å². The lowest BCUT2D eigenvalue weighted by molar-refractivity contribution is 0.0900. The maximum Gasteiger partial charge on any atom is 0.263 e. The molecule has 0 spiro atoms. The number of morpholine rings is 1. The first-order valence-corrected chi connectivity index (χ1v) is 10.4. The number of halogens is 1. The predicted octanol–water partition coefficient (Wildman–Crippen LogP) is 3.42. The van der Waals surface area contributed by atoms with Crippen LogP contribution in [-0.4, -0.2) is 42.2 Å². The van der Waals surface area contributed by atoms with E-state index in [0.29, 0.717) is 13.2 Å². The third-order valence-electron chi connectivity index (χ3n) is 4.79. The number of rotatable bonds is 3. The van der Waals surface area contributed by atoms with Gasteiger partial charge >= 0.3 is 0 Å². The molecule has 138 valence electrons. The van der Waals surface area contributed by atoms with Crippen molar-refractivity contribution in [1.29, 1.82) is 0 Å². The summed E-state index contributed by atoms with van der Waals surface area (Å²) in [6, 6.07) is 8.60. The van der Waals surface area contributed by atoms with Gasteiger partial charge in [0.2, 0.25) is 0 Å². The Labute approximate surface area is 165 Å². The van der Waals surface area contributed by atoms with Gasteiger partial charge in [0.25, 0.3) is 5.91 Å². The molecule has 0 unspecified atom stereocenters. The Morgan fingerprint density at radius 1 is 1.46 bits per heavy atom. The summed E-state index contributed by atoms with van der Waals surface area (Å²) in [5.41, 5.74) is 1.95. The molecule has 1 aromatic carbocycles. The summed E-state index contributed by atoms with van der Waals surface area (Å²) in [5, 5.41) is 4.00. The number of nitrogens with one attached hydrogen (secondary N) is 1. The first kappa shape index (κ1) is 17.9. The number of hydrogen-bond acceptors (Lipinski definition) is 5. The van der Waals surface area contributed by atoms with Crippen LogP contribution in [0.15, 0.2) is 28.7 Å². The van der Waals surface area contributed by atoms with E-state index in [1.165, 1.54) is 16.9 Å². The highest BCUT2D eigenvalue weighted by Gasteiger charge is 2.35. The molecule has 0 radical (unpaired) electrons. The Morgan fingerprint density at radius 3 is 3.12 bits per heavy atom. The highest BCUT2D eigenvalue weighted by atomic mass is 79.9. The number of carbonyl (C=O) groups excluding carboxylic acids is 1. The van der Waals surface area contributed by atoms with E-state index >= 15 is 0 Å². The summed E-state index contributed by atoms with van der Waals surface area (Å²) in [7, 11) is 0. The molecule has 0 saturated carbocycles. The van der Waals surface area contributed by atoms with Gasteiger partial charge in [0.1, 0.15) is 4.88 Å². The third kappa shape index (κ3) is 3.66. The Kier molecular flexibility index (Phi) is 4.79. The molecule has 2 aliphatic rings. The van der Waals surface area contributed by atoms with E-state index < -0.39 is 0 Å². The van der Waals surface area contributed by atoms with Crippen molar-refractivity contribution >= 4 is 38.3 Å². The van der Waals surface area contributed by atoms with E-state index in [0.717, 1.165) is 39.6 Å². The lowest BCUT2D eigenvalue weighted by Gasteiger charge is -2.35. The molecule has 4 rings (SSSR count). The van der Waals surface area contributed by atoms with Crippen molar-refractivity contribution in [2.24, 2.45) is 0 Å². The molecule has 5 nitrogen and oxygen atoms in total. The van der Waals surface area contributed by atoms with Crippen LogP contribution < -0.4 is 10.2 Å². The summed E-state index contributed by atoms with van der Waals surface area (Å²) < 4.78 is 6.82. The number of aromatic nitrogens is 1. The fourth-order valence-electron chi connectivity index (χ4n) is 3.60. The van der Waals surface area contributed by atoms with E-state index in [2.05, 4.69) is 44.3 Å². The van der Waals surface area contributed by atoms with Crippen LogP contribution in [0.2, 0.25) is 0 Å². The first-order chi connectivity index (χ1) is 12.4. The van der Waals surface area contributed by atoms with Crippen molar-refractivity contribution < 1.29 is 9.53 Å². The second-order valence-electron chi connectivity index (χ2n) is 7.54. The molecule has 0 aliphatic carbocycles. The van der Waals surface area contributed by atoms with Gasteiger partial charge in [-0.2, -0.15) is 0 Å². The lowest BCUT2D eigenvalue weighted by atomic mass is 9.94. The number of thiazole rings is 1. The smallest absolute Gasteiger partial charge is 0.263 e. The SMILES string of the molecule is CC1(C)Cc2nc(N3CCOC[C@@H]3Cc3cccc(Br)c3)sc2C(=O)N1. The number of hydrogen-bond donors (Lipinski definition) is 1. The van der Waals surface area contributed by atoms with Gasteiger partial charge in [-0.25, -0.2) is 4.98 Å². The van der Waals surface area contributed by atoms with Gasteiger partial charge in [0.05, 0.1) is 24.9 Å². The molecular formula is C19H22BrN3O2S. The monoisotopic (exact) mass is 435 g/mol. The zero-order chi connectivity index (χ0) is 18.3. The third-order valence-corrected chi connectivity index (χ3v) is 6.41. The fourth-order valence-corrected chi connectivity index (χ4v) is 5.12. The Balaban J connectivity index is 1.60. The Hall–Kier alpha value is -1.44. The van der Waals surface area contributed by atoms with Gasteiger partial charge in [0.15, 0.2) is 5.13 Å². The Bertz CT molecular complexity index is 836. The Morgan fingerprint density at radius 2 is 2.31 bits per heavy atom. The number of fused-ring (bicyclic) bond motifs is 1. The van der Waals surface area contributed by atoms with Gasteiger partial charge in [-0.3, -0.25) is 4.79 Å². The van der Waals surface area contributed by atoms with E-state index in [1.54, 1.807) is 0 Å². The molecule has 1 amide bonds. The van der Waals surface area contributed by atoms with Crippen LogP contribution in [0.1, 0.15) is 34.8 Å². The van der Waals surface area contributed by atoms with Crippen molar-refractivity contribution in [3.8, 4) is 0 Å². The minimum absolute atomic E-state index is 0.00296. The van der Waals surface area contributed by atoms with Gasteiger partial charge < -0.3 is 15.0 Å². The van der Waals surface area contributed by atoms with Crippen LogP contribution in [0.3, 0.4) is 0 Å². The zero-order valence-corrected chi connectivity index (χ0v) is 17.3. The number of anilines is 1. The summed E-state index contributed by atoms with van der Waals surface area (Å²) in [5.74, 6) is -0.00296. The van der Waals surface area contributed by atoms with E-state index in [1.807, 2.05) is 19.9 Å². The number of amides is 1. The average Bonchev–Trinajstić information content (AvgIpc) is 2.98. The van der Waals surface area contributed by atoms with Crippen molar-refractivity contribution in [2.75, 3.05) is 24.7 Å². The largest absolute Gasteiger partial charge is 0.377 e. The highest BCUT2D eigenvalue weighted by molar-refractivity contribution is 9.10. The molecule has 1 N–H and O–H groups in total. The molecular weight excluding hydrogens is 414 g/mol. The number of carbonyl (C=O) groups is 1. The van der Waals surface area contributed by atoms with Crippen molar-refractivity contribution in [1.82, 2.24) is 10.3 Å². The van der Waals surface area contributed by atoms with E-state index in [9.17, 15) is 4.79 Å². The van der Waals surface area contributed by atoms with E-state index in [-0.39, 0.29) is 17.5 Å². The van der Waals surface area contributed by atoms with Gasteiger partial charge in [-0.15, -0.1) is 0 Å². The second-order valence-corrected chi connectivity index (χ2v) is 9.44. The van der Waals surface area contributed by atoms with Crippen LogP contribution in [0.25, 0.3) is 0 Å². The standard InChI is InChI=1S/C19H22BrN3O2S/c1-19(2)10-15-16(17(24)22-19)26-18(21-15)23-6-7-25-11-14(23)9-12-4-3-5-13(20)8-12/h3-5,8,14H,6-7,9-11H2,1-2H3,(H,22,24)/t14-/m0/s1. The molecule has 26 heavy (non-hydrogen) atoms. The van der Waals surface area contributed by atoms with Crippen LogP contribution in [0.4, 0.5) is 5.13 Å². The molecule has 7 heteroatoms. The van der Waals surface area contributed by atoms with Gasteiger partial charge in [-0.05, 0) is 38.0 Å². The van der Waals surface area contributed by atoms with Crippen molar-refractivity contribution in [2.45, 2.75) is 38.3 Å². The summed E-state index contributed by atoms with van der Waals surface area (Å²) in [6.45, 7) is 6.25. The topological polar surface area (TPSA) is 54.5 Å². The molecule has 2 aliphatic heterocycles. The predicted molar refractivity (Wildman–Crippen MR) is 107 cm³/mol. The van der Waals surface area contributed by atoms with Crippen molar-refractivity contribution in [3.63, 3.8) is 0 Å². The number of nitrogens with zero attached hydrogens (tertiary/aromatic N) is 2. The maximum atomic E-state index is 12.4. The highest BCUT2D eigenvalue weighted by Crippen LogP contribution is 2.34. The average molecular weight is 436 g/mol. The first-order valence-electron chi connectivity index (χ1n) is 8.82. The molecule has 1 aromatic heterocycles. The minimum atomic E-state index is -0.240. The van der Waals surface area contributed by atoms with Crippen LogP contribution in [0.5, 0.6) is 0 Å². The number of benzene rings is 1. The van der Waals surface area contributed by atoms with Crippen LogP contribution >= 0.6 is 27.3 Å². The molecule has 2 aromatic rings. The quantitative estimate of drug-likeness (QED) is 0.802. The second kappa shape index (κ2) is 6.94. The molecule has 1 fully saturated rings. The zero-order valence-electron chi connectivity index (χ0n) is 14.9. The summed E-state index contributed by atoms with van der Waals surface area (Å²) in [6.07, 6.45) is 1.66. The summed E-state index contributed by atoms with van der Waals surface area (Å²) in [4.78, 5) is 20.3. The van der Waals surface area contributed by atoms with Gasteiger partial charge in [0, 0.05) is 23.0 Å². The molecule has 3 heterocycles. The lowest BCUT2D eigenvalue weighted by Crippen LogP contribution is -2.48. The van der Waals surface area contributed by atoms with Crippen LogP contribution in [0, 0.1) is 0 Å². The fraction of sp³-hybridized carbons (Fsp3) is 0.474. The molecule has 1 saturated heterocycles. The number of ether oxygens (including phenoxy) is 1. The van der Waals surface area contributed by atoms with Gasteiger partial charge in [-0.1, -0.05) is 39.4 Å². The van der Waals surface area contributed by atoms with Crippen molar-refractivity contribution in [3.05, 3.63) is 44.9 Å². The summed E-state index contributed by atoms with van der Waals surface area (Å²) >= 11 is 5.05.